The number of fused-ring (bicyclic) bond motifs is 2. The van der Waals surface area contributed by atoms with Gasteiger partial charge in [0.05, 0.1) is 10.5 Å². The molecule has 0 aliphatic carbocycles. The van der Waals surface area contributed by atoms with Gasteiger partial charge in [0.25, 0.3) is 0 Å². The van der Waals surface area contributed by atoms with Gasteiger partial charge in [0.1, 0.15) is 0 Å². The van der Waals surface area contributed by atoms with Gasteiger partial charge < -0.3 is 0 Å². The maximum absolute atomic E-state index is 12.2. The molecule has 15 heavy (non-hydrogen) atoms. The van der Waals surface area contributed by atoms with Gasteiger partial charge in [0.2, 0.25) is 0 Å². The van der Waals surface area contributed by atoms with Gasteiger partial charge >= 0.3 is 0 Å². The van der Waals surface area contributed by atoms with Crippen molar-refractivity contribution in [1.29, 1.82) is 0 Å². The number of Topliss-reactive ketones (excluding diaryl/α,β-unsaturated/α-hetero) is 1. The third kappa shape index (κ3) is 1.54. The first-order chi connectivity index (χ1) is 7.36. The van der Waals surface area contributed by atoms with Crippen molar-refractivity contribution < 1.29 is 4.79 Å². The summed E-state index contributed by atoms with van der Waals surface area (Å²) in [6.07, 6.45) is 2.05. The highest BCUT2D eigenvalue weighted by Gasteiger charge is 2.34. The molecule has 1 nitrogen and oxygen atoms in total. The number of hydrogen-bond acceptors (Lipinski definition) is 3. The molecule has 0 amide bonds. The molecule has 2 heterocycles. The molecule has 0 aromatic heterocycles. The van der Waals surface area contributed by atoms with Gasteiger partial charge in [-0.2, -0.15) is 0 Å². The van der Waals surface area contributed by atoms with Crippen LogP contribution < -0.4 is 0 Å². The molecule has 0 saturated heterocycles. The molecule has 0 N–H and O–H groups in total. The van der Waals surface area contributed by atoms with Crippen LogP contribution in [-0.4, -0.2) is 10.4 Å². The van der Waals surface area contributed by atoms with E-state index in [4.69, 9.17) is 0 Å². The lowest BCUT2D eigenvalue weighted by Gasteiger charge is -2.12. The van der Waals surface area contributed by atoms with Crippen molar-refractivity contribution in [3.05, 3.63) is 46.9 Å². The number of allylic oxidation sites excluding steroid dienone is 1. The predicted octanol–water partition coefficient (Wildman–Crippen LogP) is 3.32. The van der Waals surface area contributed by atoms with E-state index in [1.807, 2.05) is 36.0 Å². The number of hydrogen-bond donors (Lipinski definition) is 0. The van der Waals surface area contributed by atoms with Crippen LogP contribution in [0.3, 0.4) is 0 Å². The van der Waals surface area contributed by atoms with Gasteiger partial charge in [0, 0.05) is 11.3 Å². The Balaban J connectivity index is 2.08. The van der Waals surface area contributed by atoms with E-state index in [-0.39, 0.29) is 5.92 Å². The second kappa shape index (κ2) is 3.72. The van der Waals surface area contributed by atoms with Crippen LogP contribution in [0.5, 0.6) is 0 Å². The molecule has 2 aliphatic rings. The van der Waals surface area contributed by atoms with E-state index in [0.717, 1.165) is 11.3 Å². The standard InChI is InChI=1S/C12H10OS2/c13-11-9-4-2-1-3-8(9)7-15-12-10(11)5-6-14-12/h1-6,10,12H,7H2. The van der Waals surface area contributed by atoms with E-state index < -0.39 is 0 Å². The third-order valence-corrected chi connectivity index (χ3v) is 5.50. The molecule has 0 spiro atoms. The van der Waals surface area contributed by atoms with Crippen molar-refractivity contribution in [2.45, 2.75) is 10.3 Å². The number of carbonyl (C=O) groups excluding carboxylic acids is 1. The third-order valence-electron chi connectivity index (χ3n) is 2.78. The number of thioether (sulfide) groups is 2. The first-order valence-corrected chi connectivity index (χ1v) is 6.91. The molecule has 0 fully saturated rings. The zero-order valence-corrected chi connectivity index (χ0v) is 9.68. The van der Waals surface area contributed by atoms with Crippen LogP contribution in [0.2, 0.25) is 0 Å². The Labute approximate surface area is 97.3 Å². The van der Waals surface area contributed by atoms with Crippen LogP contribution in [0.25, 0.3) is 0 Å². The number of carbonyl (C=O) groups is 1. The Morgan fingerprint density at radius 1 is 1.27 bits per heavy atom. The Hall–Kier alpha value is -0.670. The van der Waals surface area contributed by atoms with Crippen LogP contribution in [-0.2, 0) is 5.75 Å². The van der Waals surface area contributed by atoms with Crippen molar-refractivity contribution >= 4 is 29.3 Å². The molecule has 0 bridgehead atoms. The van der Waals surface area contributed by atoms with E-state index in [1.165, 1.54) is 5.56 Å². The molecule has 1 aromatic rings. The number of ketones is 1. The minimum absolute atomic E-state index is 0.0867. The molecule has 2 atom stereocenters. The molecule has 3 rings (SSSR count). The average molecular weight is 234 g/mol. The van der Waals surface area contributed by atoms with Crippen molar-refractivity contribution in [1.82, 2.24) is 0 Å². The minimum Gasteiger partial charge on any atom is -0.293 e. The molecule has 3 heteroatoms. The van der Waals surface area contributed by atoms with Crippen molar-refractivity contribution in [3.63, 3.8) is 0 Å². The summed E-state index contributed by atoms with van der Waals surface area (Å²) in [6.45, 7) is 0. The van der Waals surface area contributed by atoms with Gasteiger partial charge in [-0.15, -0.1) is 23.5 Å². The molecular formula is C12H10OS2. The molecular weight excluding hydrogens is 224 g/mol. The Morgan fingerprint density at radius 2 is 2.13 bits per heavy atom. The van der Waals surface area contributed by atoms with Crippen molar-refractivity contribution in [2.24, 2.45) is 5.92 Å². The highest BCUT2D eigenvalue weighted by Crippen LogP contribution is 2.43. The van der Waals surface area contributed by atoms with Gasteiger partial charge in [-0.1, -0.05) is 30.3 Å². The largest absolute Gasteiger partial charge is 0.293 e. The second-order valence-electron chi connectivity index (χ2n) is 3.69. The Kier molecular flexibility index (Phi) is 2.37. The summed E-state index contributed by atoms with van der Waals surface area (Å²) in [5.41, 5.74) is 2.11. The smallest absolute Gasteiger partial charge is 0.172 e. The van der Waals surface area contributed by atoms with Gasteiger partial charge in [0.15, 0.2) is 5.78 Å². The topological polar surface area (TPSA) is 17.1 Å². The van der Waals surface area contributed by atoms with E-state index in [0.29, 0.717) is 10.4 Å². The summed E-state index contributed by atoms with van der Waals surface area (Å²) in [4.78, 5) is 12.2. The van der Waals surface area contributed by atoms with E-state index in [1.54, 1.807) is 11.8 Å². The highest BCUT2D eigenvalue weighted by molar-refractivity contribution is 8.18. The Morgan fingerprint density at radius 3 is 3.07 bits per heavy atom. The summed E-state index contributed by atoms with van der Waals surface area (Å²) in [5.74, 6) is 1.34. The van der Waals surface area contributed by atoms with Crippen LogP contribution in [0.15, 0.2) is 35.7 Å². The number of rotatable bonds is 0. The van der Waals surface area contributed by atoms with Crippen molar-refractivity contribution in [3.8, 4) is 0 Å². The molecule has 0 saturated carbocycles. The fourth-order valence-corrected chi connectivity index (χ4v) is 4.50. The lowest BCUT2D eigenvalue weighted by Crippen LogP contribution is -2.17. The molecule has 0 radical (unpaired) electrons. The fraction of sp³-hybridized carbons (Fsp3) is 0.250. The summed E-state index contributed by atoms with van der Waals surface area (Å²) in [6, 6.07) is 7.98. The van der Waals surface area contributed by atoms with Gasteiger partial charge in [-0.05, 0) is 11.0 Å². The maximum atomic E-state index is 12.2. The van der Waals surface area contributed by atoms with Gasteiger partial charge in [-0.25, -0.2) is 0 Å². The van der Waals surface area contributed by atoms with Crippen LogP contribution in [0.1, 0.15) is 15.9 Å². The zero-order chi connectivity index (χ0) is 10.3. The minimum atomic E-state index is 0.0867. The summed E-state index contributed by atoms with van der Waals surface area (Å²) < 4.78 is 0.393. The van der Waals surface area contributed by atoms with Crippen LogP contribution in [0.4, 0.5) is 0 Å². The van der Waals surface area contributed by atoms with E-state index in [2.05, 4.69) is 11.5 Å². The SMILES string of the molecule is O=C1c2ccccc2CSC2SC=CC12. The summed E-state index contributed by atoms with van der Waals surface area (Å²) in [5, 5.41) is 2.06. The Bertz CT molecular complexity index is 439. The molecule has 2 unspecified atom stereocenters. The lowest BCUT2D eigenvalue weighted by atomic mass is 9.96. The molecule has 1 aromatic carbocycles. The monoisotopic (exact) mass is 234 g/mol. The van der Waals surface area contributed by atoms with E-state index >= 15 is 0 Å². The highest BCUT2D eigenvalue weighted by atomic mass is 32.2. The summed E-state index contributed by atoms with van der Waals surface area (Å²) in [7, 11) is 0. The number of benzene rings is 1. The fourth-order valence-electron chi connectivity index (χ4n) is 1.97. The maximum Gasteiger partial charge on any atom is 0.172 e. The normalized spacial score (nSPS) is 28.4. The van der Waals surface area contributed by atoms with Crippen molar-refractivity contribution in [2.75, 3.05) is 0 Å². The van der Waals surface area contributed by atoms with E-state index in [9.17, 15) is 4.79 Å². The van der Waals surface area contributed by atoms with Gasteiger partial charge in [-0.3, -0.25) is 4.79 Å². The average Bonchev–Trinajstić information content (AvgIpc) is 2.69. The predicted molar refractivity (Wildman–Crippen MR) is 66.1 cm³/mol. The second-order valence-corrected chi connectivity index (χ2v) is 6.17. The van der Waals surface area contributed by atoms with Crippen LogP contribution >= 0.6 is 23.5 Å². The first kappa shape index (κ1) is 9.55. The zero-order valence-electron chi connectivity index (χ0n) is 8.05. The van der Waals surface area contributed by atoms with Crippen LogP contribution in [0, 0.1) is 5.92 Å². The quantitative estimate of drug-likeness (QED) is 0.685. The molecule has 2 aliphatic heterocycles. The first-order valence-electron chi connectivity index (χ1n) is 4.92. The lowest BCUT2D eigenvalue weighted by molar-refractivity contribution is 0.0953. The molecule has 76 valence electrons. The summed E-state index contributed by atoms with van der Waals surface area (Å²) >= 11 is 3.66.